The molecule has 0 amide bonds. The van der Waals surface area contributed by atoms with Gasteiger partial charge < -0.3 is 19.6 Å². The zero-order valence-corrected chi connectivity index (χ0v) is 24.4. The van der Waals surface area contributed by atoms with Gasteiger partial charge in [-0.3, -0.25) is 0 Å². The molecule has 5 rings (SSSR count). The number of likely N-dealkylation sites (N-methyl/N-ethyl adjacent to an activating group) is 1. The molecule has 0 aliphatic carbocycles. The number of ether oxygens (including phenoxy) is 1. The third-order valence-electron chi connectivity index (χ3n) is 6.94. The van der Waals surface area contributed by atoms with Gasteiger partial charge in [0.2, 0.25) is 0 Å². The molecule has 2 aromatic heterocycles. The second-order valence-corrected chi connectivity index (χ2v) is 12.4. The SMILES string of the molecule is Cc1ccc(S(=O)(=O)n2nc(-c3ccc(N4CCN(C)CC4)c(OCCCCO)c3)c3cc(Br)ncc32)cc1. The summed E-state index contributed by atoms with van der Waals surface area (Å²) in [5, 5.41) is 14.5. The van der Waals surface area contributed by atoms with Crippen LogP contribution in [0.2, 0.25) is 0 Å². The summed E-state index contributed by atoms with van der Waals surface area (Å²) in [5.41, 5.74) is 3.62. The van der Waals surface area contributed by atoms with Crippen molar-refractivity contribution in [3.63, 3.8) is 0 Å². The molecule has 39 heavy (non-hydrogen) atoms. The first-order valence-electron chi connectivity index (χ1n) is 13.0. The van der Waals surface area contributed by atoms with Crippen LogP contribution in [0.15, 0.2) is 64.2 Å². The number of hydrogen-bond acceptors (Lipinski definition) is 8. The maximum absolute atomic E-state index is 13.7. The minimum absolute atomic E-state index is 0.122. The van der Waals surface area contributed by atoms with Crippen molar-refractivity contribution in [3.05, 3.63) is 64.9 Å². The lowest BCUT2D eigenvalue weighted by Gasteiger charge is -2.35. The van der Waals surface area contributed by atoms with Gasteiger partial charge in [-0.1, -0.05) is 23.8 Å². The maximum atomic E-state index is 13.7. The maximum Gasteiger partial charge on any atom is 0.283 e. The van der Waals surface area contributed by atoms with Gasteiger partial charge in [-0.25, -0.2) is 4.98 Å². The first-order chi connectivity index (χ1) is 18.8. The lowest BCUT2D eigenvalue weighted by molar-refractivity contribution is 0.252. The second-order valence-electron chi connectivity index (χ2n) is 9.79. The largest absolute Gasteiger partial charge is 0.491 e. The van der Waals surface area contributed by atoms with Gasteiger partial charge in [-0.05, 0) is 73.1 Å². The average molecular weight is 615 g/mol. The molecule has 0 spiro atoms. The van der Waals surface area contributed by atoms with Gasteiger partial charge in [0.05, 0.1) is 23.4 Å². The van der Waals surface area contributed by atoms with Gasteiger partial charge in [0, 0.05) is 43.7 Å². The standard InChI is InChI=1S/C28H32BrN5O4S/c1-20-5-8-22(9-6-20)39(36,37)34-25-19-30-27(29)18-23(25)28(31-34)21-7-10-24(33-13-11-32(2)12-14-33)26(17-21)38-16-4-3-15-35/h5-10,17-19,35H,3-4,11-16H2,1-2H3. The van der Waals surface area contributed by atoms with Gasteiger partial charge in [0.1, 0.15) is 21.6 Å². The number of benzene rings is 2. The predicted molar refractivity (Wildman–Crippen MR) is 156 cm³/mol. The Balaban J connectivity index is 1.60. The van der Waals surface area contributed by atoms with E-state index in [4.69, 9.17) is 4.74 Å². The van der Waals surface area contributed by atoms with E-state index in [1.165, 1.54) is 6.20 Å². The molecule has 1 fully saturated rings. The molecule has 0 bridgehead atoms. The average Bonchev–Trinajstić information content (AvgIpc) is 3.31. The molecule has 1 aliphatic rings. The number of anilines is 1. The third kappa shape index (κ3) is 5.81. The minimum Gasteiger partial charge on any atom is -0.491 e. The fraction of sp³-hybridized carbons (Fsp3) is 0.357. The van der Waals surface area contributed by atoms with E-state index in [0.717, 1.165) is 53.5 Å². The Hall–Kier alpha value is -2.99. The lowest BCUT2D eigenvalue weighted by Crippen LogP contribution is -2.44. The lowest BCUT2D eigenvalue weighted by atomic mass is 10.1. The molecule has 0 atom stereocenters. The molecular weight excluding hydrogens is 582 g/mol. The number of nitrogens with zero attached hydrogens (tertiary/aromatic N) is 5. The number of halogens is 1. The van der Waals surface area contributed by atoms with Crippen molar-refractivity contribution in [2.45, 2.75) is 24.7 Å². The molecule has 11 heteroatoms. The molecule has 0 saturated carbocycles. The van der Waals surface area contributed by atoms with Crippen LogP contribution < -0.4 is 9.64 Å². The van der Waals surface area contributed by atoms with E-state index in [9.17, 15) is 13.5 Å². The van der Waals surface area contributed by atoms with Crippen LogP contribution >= 0.6 is 15.9 Å². The molecule has 206 valence electrons. The Morgan fingerprint density at radius 3 is 2.49 bits per heavy atom. The van der Waals surface area contributed by atoms with Gasteiger partial charge in [-0.15, -0.1) is 0 Å². The highest BCUT2D eigenvalue weighted by atomic mass is 79.9. The monoisotopic (exact) mass is 613 g/mol. The van der Waals surface area contributed by atoms with Crippen LogP contribution in [0, 0.1) is 6.92 Å². The molecule has 1 saturated heterocycles. The van der Waals surface area contributed by atoms with Crippen LogP contribution in [0.25, 0.3) is 22.2 Å². The van der Waals surface area contributed by atoms with Crippen LogP contribution in [0.5, 0.6) is 5.75 Å². The number of aromatic nitrogens is 3. The Morgan fingerprint density at radius 2 is 1.77 bits per heavy atom. The van der Waals surface area contributed by atoms with E-state index >= 15 is 0 Å². The highest BCUT2D eigenvalue weighted by Gasteiger charge is 2.25. The summed E-state index contributed by atoms with van der Waals surface area (Å²) in [7, 11) is -1.84. The smallest absolute Gasteiger partial charge is 0.283 e. The Labute approximate surface area is 237 Å². The van der Waals surface area contributed by atoms with Crippen molar-refractivity contribution in [2.24, 2.45) is 0 Å². The van der Waals surface area contributed by atoms with Gasteiger partial charge in [-0.2, -0.15) is 17.6 Å². The van der Waals surface area contributed by atoms with Crippen molar-refractivity contribution >= 4 is 42.5 Å². The van der Waals surface area contributed by atoms with Crippen molar-refractivity contribution in [1.29, 1.82) is 0 Å². The fourth-order valence-electron chi connectivity index (χ4n) is 4.65. The third-order valence-corrected chi connectivity index (χ3v) is 8.97. The van der Waals surface area contributed by atoms with Crippen LogP contribution in [0.4, 0.5) is 5.69 Å². The summed E-state index contributed by atoms with van der Waals surface area (Å²) in [6, 6.07) is 14.4. The first-order valence-corrected chi connectivity index (χ1v) is 15.2. The molecule has 4 aromatic rings. The number of unbranched alkanes of at least 4 members (excludes halogenated alkanes) is 1. The zero-order chi connectivity index (χ0) is 27.6. The number of aliphatic hydroxyl groups excluding tert-OH is 1. The summed E-state index contributed by atoms with van der Waals surface area (Å²) in [5.74, 6) is 0.715. The summed E-state index contributed by atoms with van der Waals surface area (Å²) in [4.78, 5) is 9.05. The number of rotatable bonds is 9. The topological polar surface area (TPSA) is 101 Å². The minimum atomic E-state index is -3.96. The first kappa shape index (κ1) is 27.6. The van der Waals surface area contributed by atoms with Gasteiger partial charge >= 0.3 is 0 Å². The number of hydrogen-bond donors (Lipinski definition) is 1. The molecule has 3 heterocycles. The molecular formula is C28H32BrN5O4S. The van der Waals surface area contributed by atoms with Crippen molar-refractivity contribution in [2.75, 3.05) is 51.3 Å². The zero-order valence-electron chi connectivity index (χ0n) is 22.0. The van der Waals surface area contributed by atoms with Gasteiger partial charge in [0.15, 0.2) is 0 Å². The number of piperazine rings is 1. The molecule has 0 unspecified atom stereocenters. The quantitative estimate of drug-likeness (QED) is 0.220. The predicted octanol–water partition coefficient (Wildman–Crippen LogP) is 4.31. The van der Waals surface area contributed by atoms with Crippen molar-refractivity contribution in [1.82, 2.24) is 19.1 Å². The van der Waals surface area contributed by atoms with E-state index in [1.54, 1.807) is 30.3 Å². The van der Waals surface area contributed by atoms with Crippen LogP contribution in [-0.4, -0.2) is 79.0 Å². The summed E-state index contributed by atoms with van der Waals surface area (Å²) in [6.45, 7) is 6.18. The van der Waals surface area contributed by atoms with E-state index < -0.39 is 10.0 Å². The summed E-state index contributed by atoms with van der Waals surface area (Å²) < 4.78 is 35.2. The highest BCUT2D eigenvalue weighted by Crippen LogP contribution is 2.37. The van der Waals surface area contributed by atoms with Crippen LogP contribution in [0.1, 0.15) is 18.4 Å². The molecule has 0 radical (unpaired) electrons. The Bertz CT molecular complexity index is 1570. The fourth-order valence-corrected chi connectivity index (χ4v) is 6.26. The molecule has 1 N–H and O–H groups in total. The number of fused-ring (bicyclic) bond motifs is 1. The number of aliphatic hydroxyl groups is 1. The summed E-state index contributed by atoms with van der Waals surface area (Å²) in [6.07, 6.45) is 2.91. The highest BCUT2D eigenvalue weighted by molar-refractivity contribution is 9.10. The van der Waals surface area contributed by atoms with Gasteiger partial charge in [0.25, 0.3) is 10.0 Å². The normalized spacial score (nSPS) is 14.7. The molecule has 1 aliphatic heterocycles. The molecule has 9 nitrogen and oxygen atoms in total. The van der Waals surface area contributed by atoms with Crippen molar-refractivity contribution < 1.29 is 18.3 Å². The Morgan fingerprint density at radius 1 is 1.03 bits per heavy atom. The second kappa shape index (κ2) is 11.6. The van der Waals surface area contributed by atoms with Crippen LogP contribution in [-0.2, 0) is 10.0 Å². The van der Waals surface area contributed by atoms with E-state index in [1.807, 2.05) is 25.1 Å². The Kier molecular flexibility index (Phi) is 8.22. The summed E-state index contributed by atoms with van der Waals surface area (Å²) >= 11 is 3.43. The van der Waals surface area contributed by atoms with Crippen molar-refractivity contribution in [3.8, 4) is 17.0 Å². The molecule has 2 aromatic carbocycles. The van der Waals surface area contributed by atoms with E-state index in [-0.39, 0.29) is 11.5 Å². The number of aryl methyl sites for hydroxylation is 1. The number of pyridine rings is 1. The van der Waals surface area contributed by atoms with Crippen LogP contribution in [0.3, 0.4) is 0 Å². The van der Waals surface area contributed by atoms with E-state index in [0.29, 0.717) is 40.0 Å². The van der Waals surface area contributed by atoms with E-state index in [2.05, 4.69) is 42.9 Å².